The van der Waals surface area contributed by atoms with Crippen molar-refractivity contribution in [1.82, 2.24) is 29.5 Å². The topological polar surface area (TPSA) is 104 Å². The molecule has 1 unspecified atom stereocenters. The van der Waals surface area contributed by atoms with Gasteiger partial charge in [0.15, 0.2) is 0 Å². The molecule has 2 aromatic heterocycles. The smallest absolute Gasteiger partial charge is 0.272 e. The number of aromatic amines is 1. The van der Waals surface area contributed by atoms with E-state index in [-0.39, 0.29) is 35.9 Å². The lowest BCUT2D eigenvalue weighted by atomic mass is 9.84. The molecule has 0 bridgehead atoms. The number of H-pyrrole nitrogens is 1. The van der Waals surface area contributed by atoms with Gasteiger partial charge in [0.25, 0.3) is 11.5 Å². The van der Waals surface area contributed by atoms with E-state index in [2.05, 4.69) is 10.1 Å². The first kappa shape index (κ1) is 20.0. The second kappa shape index (κ2) is 7.94. The van der Waals surface area contributed by atoms with E-state index in [1.165, 1.54) is 0 Å². The van der Waals surface area contributed by atoms with Crippen LogP contribution in [0.3, 0.4) is 0 Å². The van der Waals surface area contributed by atoms with Crippen LogP contribution in [0.5, 0.6) is 0 Å². The van der Waals surface area contributed by atoms with Gasteiger partial charge >= 0.3 is 0 Å². The summed E-state index contributed by atoms with van der Waals surface area (Å²) in [6.45, 7) is 4.02. The van der Waals surface area contributed by atoms with Crippen LogP contribution in [0.2, 0.25) is 0 Å². The van der Waals surface area contributed by atoms with Crippen LogP contribution in [0, 0.1) is 5.92 Å². The van der Waals surface area contributed by atoms with Gasteiger partial charge in [0.1, 0.15) is 11.5 Å². The summed E-state index contributed by atoms with van der Waals surface area (Å²) in [6, 6.07) is 1.56. The molecular weight excluding hydrogens is 396 g/mol. The molecule has 1 aliphatic carbocycles. The number of nitrogens with zero attached hydrogens (tertiary/aromatic N) is 5. The number of carbonyl (C=O) groups excluding carboxylic acids is 2. The summed E-state index contributed by atoms with van der Waals surface area (Å²) in [5.74, 6) is 0.818. The summed E-state index contributed by atoms with van der Waals surface area (Å²) in [4.78, 5) is 50.0. The Morgan fingerprint density at radius 1 is 1.19 bits per heavy atom. The maximum Gasteiger partial charge on any atom is 0.272 e. The van der Waals surface area contributed by atoms with Crippen LogP contribution in [0.25, 0.3) is 0 Å². The van der Waals surface area contributed by atoms with E-state index >= 15 is 0 Å². The number of hydrogen-bond acceptors (Lipinski definition) is 5. The molecular formula is C22H28N6O3. The Morgan fingerprint density at radius 3 is 2.77 bits per heavy atom. The number of amides is 2. The van der Waals surface area contributed by atoms with Crippen molar-refractivity contribution >= 4 is 11.8 Å². The summed E-state index contributed by atoms with van der Waals surface area (Å²) in [5, 5.41) is 4.17. The Labute approximate surface area is 180 Å². The monoisotopic (exact) mass is 424 g/mol. The molecule has 1 saturated heterocycles. The van der Waals surface area contributed by atoms with E-state index in [0.717, 1.165) is 44.3 Å². The third-order valence-electron chi connectivity index (χ3n) is 6.92. The molecule has 2 aliphatic heterocycles. The highest BCUT2D eigenvalue weighted by molar-refractivity contribution is 5.92. The molecule has 3 aliphatic rings. The van der Waals surface area contributed by atoms with Gasteiger partial charge in [-0.1, -0.05) is 6.42 Å². The molecule has 31 heavy (non-hydrogen) atoms. The van der Waals surface area contributed by atoms with E-state index < -0.39 is 0 Å². The highest BCUT2D eigenvalue weighted by atomic mass is 16.2. The van der Waals surface area contributed by atoms with Gasteiger partial charge in [-0.05, 0) is 38.7 Å². The summed E-state index contributed by atoms with van der Waals surface area (Å²) in [5.41, 5.74) is 1.61. The van der Waals surface area contributed by atoms with Crippen molar-refractivity contribution in [1.29, 1.82) is 0 Å². The Morgan fingerprint density at radius 2 is 2.03 bits per heavy atom. The lowest BCUT2D eigenvalue weighted by Crippen LogP contribution is -2.42. The fraction of sp³-hybridized carbons (Fsp3) is 0.591. The lowest BCUT2D eigenvalue weighted by molar-refractivity contribution is -0.139. The third-order valence-corrected chi connectivity index (χ3v) is 6.92. The highest BCUT2D eigenvalue weighted by Crippen LogP contribution is 2.36. The van der Waals surface area contributed by atoms with Crippen LogP contribution in [0.4, 0.5) is 0 Å². The number of carbonyl (C=O) groups is 2. The number of nitrogens with one attached hydrogen (secondary N) is 1. The van der Waals surface area contributed by atoms with E-state index in [9.17, 15) is 14.4 Å². The third kappa shape index (κ3) is 3.45. The summed E-state index contributed by atoms with van der Waals surface area (Å²) < 4.78 is 1.66. The van der Waals surface area contributed by atoms with Crippen molar-refractivity contribution in [3.8, 4) is 0 Å². The highest BCUT2D eigenvalue weighted by Gasteiger charge is 2.38. The number of aromatic nitrogens is 4. The fourth-order valence-electron chi connectivity index (χ4n) is 4.91. The van der Waals surface area contributed by atoms with Crippen molar-refractivity contribution in [3.63, 3.8) is 0 Å². The molecule has 9 heteroatoms. The Bertz CT molecular complexity index is 1070. The van der Waals surface area contributed by atoms with Crippen molar-refractivity contribution in [2.75, 3.05) is 13.1 Å². The zero-order valence-electron chi connectivity index (χ0n) is 17.8. The summed E-state index contributed by atoms with van der Waals surface area (Å²) >= 11 is 0. The molecule has 9 nitrogen and oxygen atoms in total. The van der Waals surface area contributed by atoms with Crippen LogP contribution in [0.1, 0.15) is 72.6 Å². The first-order chi connectivity index (χ1) is 15.1. The first-order valence-electron chi connectivity index (χ1n) is 11.3. The molecule has 5 rings (SSSR count). The normalized spacial score (nSPS) is 21.1. The van der Waals surface area contributed by atoms with Crippen molar-refractivity contribution in [3.05, 3.63) is 45.4 Å². The van der Waals surface area contributed by atoms with Gasteiger partial charge in [-0.3, -0.25) is 19.1 Å². The Balaban J connectivity index is 1.37. The average Bonchev–Trinajstić information content (AvgIpc) is 3.41. The molecule has 2 aromatic rings. The molecule has 2 fully saturated rings. The average molecular weight is 425 g/mol. The summed E-state index contributed by atoms with van der Waals surface area (Å²) in [6.07, 6.45) is 6.96. The molecule has 164 valence electrons. The lowest BCUT2D eigenvalue weighted by Gasteiger charge is -2.33. The largest absolute Gasteiger partial charge is 0.332 e. The SMILES string of the molecule is CCn1nccc1C(=O)N1CCc2nc(C3CCCN3C(=O)C3CCC3)[nH]c(=O)c2C1. The quantitative estimate of drug-likeness (QED) is 0.804. The van der Waals surface area contributed by atoms with E-state index in [0.29, 0.717) is 36.6 Å². The van der Waals surface area contributed by atoms with E-state index in [1.807, 2.05) is 11.8 Å². The molecule has 1 saturated carbocycles. The van der Waals surface area contributed by atoms with Crippen LogP contribution in [-0.2, 0) is 24.3 Å². The van der Waals surface area contributed by atoms with Gasteiger partial charge < -0.3 is 14.8 Å². The number of fused-ring (bicyclic) bond motifs is 1. The standard InChI is InChI=1S/C22H28N6O3/c1-2-28-18(8-10-23-28)22(31)26-12-9-16-15(13-26)20(29)25-19(24-16)17-7-4-11-27(17)21(30)14-5-3-6-14/h8,10,14,17H,2-7,9,11-13H2,1H3,(H,24,25,29). The molecule has 0 aromatic carbocycles. The minimum Gasteiger partial charge on any atom is -0.332 e. The van der Waals surface area contributed by atoms with Crippen molar-refractivity contribution < 1.29 is 9.59 Å². The Hall–Kier alpha value is -2.97. The van der Waals surface area contributed by atoms with Crippen molar-refractivity contribution in [2.45, 2.75) is 64.6 Å². The number of rotatable bonds is 4. The minimum atomic E-state index is -0.204. The Kier molecular flexibility index (Phi) is 5.11. The van der Waals surface area contributed by atoms with E-state index in [4.69, 9.17) is 4.98 Å². The molecule has 0 spiro atoms. The van der Waals surface area contributed by atoms with Crippen LogP contribution < -0.4 is 5.56 Å². The first-order valence-corrected chi connectivity index (χ1v) is 11.3. The molecule has 1 atom stereocenters. The van der Waals surface area contributed by atoms with Gasteiger partial charge in [0.2, 0.25) is 5.91 Å². The maximum absolute atomic E-state index is 12.9. The molecule has 0 radical (unpaired) electrons. The minimum absolute atomic E-state index is 0.124. The number of hydrogen-bond donors (Lipinski definition) is 1. The predicted octanol–water partition coefficient (Wildman–Crippen LogP) is 1.65. The molecule has 2 amide bonds. The van der Waals surface area contributed by atoms with Crippen LogP contribution in [-0.4, -0.2) is 54.5 Å². The van der Waals surface area contributed by atoms with Gasteiger partial charge in [-0.25, -0.2) is 4.98 Å². The van der Waals surface area contributed by atoms with Gasteiger partial charge in [-0.2, -0.15) is 5.10 Å². The number of likely N-dealkylation sites (tertiary alicyclic amines) is 1. The second-order valence-corrected chi connectivity index (χ2v) is 8.70. The zero-order chi connectivity index (χ0) is 21.5. The molecule has 4 heterocycles. The van der Waals surface area contributed by atoms with Crippen molar-refractivity contribution in [2.24, 2.45) is 5.92 Å². The second-order valence-electron chi connectivity index (χ2n) is 8.70. The zero-order valence-corrected chi connectivity index (χ0v) is 17.8. The van der Waals surface area contributed by atoms with Gasteiger partial charge in [-0.15, -0.1) is 0 Å². The predicted molar refractivity (Wildman–Crippen MR) is 112 cm³/mol. The van der Waals surface area contributed by atoms with E-state index in [1.54, 1.807) is 21.8 Å². The molecule has 1 N–H and O–H groups in total. The number of aryl methyl sites for hydroxylation is 1. The van der Waals surface area contributed by atoms with Gasteiger partial charge in [0.05, 0.1) is 23.8 Å². The fourth-order valence-corrected chi connectivity index (χ4v) is 4.91. The van der Waals surface area contributed by atoms with Gasteiger partial charge in [0, 0.05) is 38.2 Å². The van der Waals surface area contributed by atoms with Crippen LogP contribution in [0.15, 0.2) is 17.1 Å². The summed E-state index contributed by atoms with van der Waals surface area (Å²) in [7, 11) is 0. The van der Waals surface area contributed by atoms with Crippen LogP contribution >= 0.6 is 0 Å². The maximum atomic E-state index is 12.9.